The SMILES string of the molecule is Nc1ccc(NCCCO)c2oc3ccccc3c12. The fourth-order valence-corrected chi connectivity index (χ4v) is 2.30. The van der Waals surface area contributed by atoms with Crippen molar-refractivity contribution >= 4 is 33.3 Å². The third-order valence-electron chi connectivity index (χ3n) is 3.21. The lowest BCUT2D eigenvalue weighted by atomic mass is 10.1. The van der Waals surface area contributed by atoms with Gasteiger partial charge in [0.05, 0.1) is 11.1 Å². The molecule has 4 heteroatoms. The van der Waals surface area contributed by atoms with Crippen LogP contribution in [-0.2, 0) is 0 Å². The average Bonchev–Trinajstić information content (AvgIpc) is 2.82. The number of hydrogen-bond donors (Lipinski definition) is 3. The first kappa shape index (κ1) is 11.9. The van der Waals surface area contributed by atoms with Crippen LogP contribution in [0.1, 0.15) is 6.42 Å². The van der Waals surface area contributed by atoms with Gasteiger partial charge in [0.1, 0.15) is 5.58 Å². The summed E-state index contributed by atoms with van der Waals surface area (Å²) in [6.45, 7) is 0.873. The van der Waals surface area contributed by atoms with Crippen molar-refractivity contribution in [2.45, 2.75) is 6.42 Å². The van der Waals surface area contributed by atoms with Crippen LogP contribution in [0.2, 0.25) is 0 Å². The monoisotopic (exact) mass is 256 g/mol. The zero-order valence-corrected chi connectivity index (χ0v) is 10.5. The maximum absolute atomic E-state index is 8.83. The van der Waals surface area contributed by atoms with Crippen LogP contribution in [0.5, 0.6) is 0 Å². The molecule has 0 aliphatic carbocycles. The Morgan fingerprint density at radius 1 is 1.16 bits per heavy atom. The van der Waals surface area contributed by atoms with Crippen LogP contribution in [0.4, 0.5) is 11.4 Å². The van der Waals surface area contributed by atoms with Crippen LogP contribution in [-0.4, -0.2) is 18.3 Å². The van der Waals surface area contributed by atoms with Gasteiger partial charge >= 0.3 is 0 Å². The van der Waals surface area contributed by atoms with Gasteiger partial charge in [-0.1, -0.05) is 18.2 Å². The van der Waals surface area contributed by atoms with E-state index in [0.29, 0.717) is 18.7 Å². The van der Waals surface area contributed by atoms with Gasteiger partial charge in [0.2, 0.25) is 0 Å². The first-order valence-corrected chi connectivity index (χ1v) is 6.35. The van der Waals surface area contributed by atoms with Gasteiger partial charge in [-0.2, -0.15) is 0 Å². The molecule has 0 fully saturated rings. The highest BCUT2D eigenvalue weighted by atomic mass is 16.3. The first-order chi connectivity index (χ1) is 9.31. The van der Waals surface area contributed by atoms with Gasteiger partial charge < -0.3 is 20.6 Å². The minimum atomic E-state index is 0.172. The second-order valence-corrected chi connectivity index (χ2v) is 4.51. The van der Waals surface area contributed by atoms with Crippen molar-refractivity contribution in [3.63, 3.8) is 0 Å². The Balaban J connectivity index is 2.16. The first-order valence-electron chi connectivity index (χ1n) is 6.35. The van der Waals surface area contributed by atoms with Crippen LogP contribution >= 0.6 is 0 Å². The molecule has 1 aromatic heterocycles. The predicted molar refractivity (Wildman–Crippen MR) is 78.3 cm³/mol. The summed E-state index contributed by atoms with van der Waals surface area (Å²) in [5.74, 6) is 0. The minimum Gasteiger partial charge on any atom is -0.454 e. The molecule has 1 heterocycles. The number of nitrogens with one attached hydrogen (secondary N) is 1. The van der Waals surface area contributed by atoms with Gasteiger partial charge in [0.15, 0.2) is 5.58 Å². The van der Waals surface area contributed by atoms with Gasteiger partial charge in [-0.25, -0.2) is 0 Å². The third kappa shape index (κ3) is 2.00. The van der Waals surface area contributed by atoms with Gasteiger partial charge in [0, 0.05) is 24.2 Å². The summed E-state index contributed by atoms with van der Waals surface area (Å²) in [5.41, 5.74) is 9.30. The molecule has 3 aromatic rings. The van der Waals surface area contributed by atoms with Crippen LogP contribution in [0.15, 0.2) is 40.8 Å². The molecule has 98 valence electrons. The summed E-state index contributed by atoms with van der Waals surface area (Å²) in [5, 5.41) is 14.1. The number of fused-ring (bicyclic) bond motifs is 3. The quantitative estimate of drug-likeness (QED) is 0.495. The number of para-hydroxylation sites is 1. The Hall–Kier alpha value is -2.20. The lowest BCUT2D eigenvalue weighted by molar-refractivity contribution is 0.292. The topological polar surface area (TPSA) is 71.4 Å². The molecular weight excluding hydrogens is 240 g/mol. The third-order valence-corrected chi connectivity index (χ3v) is 3.21. The molecule has 0 radical (unpaired) electrons. The van der Waals surface area contributed by atoms with E-state index < -0.39 is 0 Å². The molecule has 4 N–H and O–H groups in total. The molecule has 0 atom stereocenters. The summed E-state index contributed by atoms with van der Waals surface area (Å²) in [4.78, 5) is 0. The van der Waals surface area contributed by atoms with Crippen molar-refractivity contribution in [1.82, 2.24) is 0 Å². The van der Waals surface area contributed by atoms with E-state index in [1.54, 1.807) is 0 Å². The molecule has 0 unspecified atom stereocenters. The zero-order chi connectivity index (χ0) is 13.2. The number of benzene rings is 2. The maximum Gasteiger partial charge on any atom is 0.160 e. The van der Waals surface area contributed by atoms with Gasteiger partial charge in [0.25, 0.3) is 0 Å². The van der Waals surface area contributed by atoms with Crippen molar-refractivity contribution in [3.8, 4) is 0 Å². The smallest absolute Gasteiger partial charge is 0.160 e. The molecule has 0 bridgehead atoms. The fraction of sp³-hybridized carbons (Fsp3) is 0.200. The summed E-state index contributed by atoms with van der Waals surface area (Å²) in [6, 6.07) is 11.7. The number of nitrogen functional groups attached to an aromatic ring is 1. The summed E-state index contributed by atoms with van der Waals surface area (Å²) < 4.78 is 5.89. The van der Waals surface area contributed by atoms with E-state index in [9.17, 15) is 0 Å². The van der Waals surface area contributed by atoms with Gasteiger partial charge in [-0.15, -0.1) is 0 Å². The molecule has 0 saturated carbocycles. The number of anilines is 2. The molecule has 4 nitrogen and oxygen atoms in total. The van der Waals surface area contributed by atoms with Gasteiger partial charge in [-0.3, -0.25) is 0 Å². The number of furan rings is 1. The molecule has 0 spiro atoms. The highest BCUT2D eigenvalue weighted by molar-refractivity contribution is 6.14. The standard InChI is InChI=1S/C15H16N2O2/c16-11-6-7-12(17-8-3-9-18)15-14(11)10-4-1-2-5-13(10)19-15/h1-2,4-7,17-18H,3,8-9,16H2. The zero-order valence-electron chi connectivity index (χ0n) is 10.5. The Kier molecular flexibility index (Phi) is 3.01. The van der Waals surface area contributed by atoms with E-state index in [1.807, 2.05) is 36.4 Å². The highest BCUT2D eigenvalue weighted by Gasteiger charge is 2.12. The van der Waals surface area contributed by atoms with E-state index >= 15 is 0 Å². The molecule has 19 heavy (non-hydrogen) atoms. The second kappa shape index (κ2) is 4.82. The van der Waals surface area contributed by atoms with Crippen molar-refractivity contribution in [3.05, 3.63) is 36.4 Å². The van der Waals surface area contributed by atoms with Crippen molar-refractivity contribution in [2.24, 2.45) is 0 Å². The Morgan fingerprint density at radius 3 is 2.84 bits per heavy atom. The Bertz CT molecular complexity index is 719. The van der Waals surface area contributed by atoms with Crippen LogP contribution in [0.25, 0.3) is 21.9 Å². The summed E-state index contributed by atoms with van der Waals surface area (Å²) >= 11 is 0. The van der Waals surface area contributed by atoms with Crippen LogP contribution in [0, 0.1) is 0 Å². The normalized spacial score (nSPS) is 11.2. The van der Waals surface area contributed by atoms with Crippen molar-refractivity contribution < 1.29 is 9.52 Å². The lowest BCUT2D eigenvalue weighted by Crippen LogP contribution is -2.03. The fourth-order valence-electron chi connectivity index (χ4n) is 2.30. The Morgan fingerprint density at radius 2 is 2.00 bits per heavy atom. The van der Waals surface area contributed by atoms with E-state index in [4.69, 9.17) is 15.3 Å². The molecular formula is C15H16N2O2. The molecule has 0 saturated heterocycles. The van der Waals surface area contributed by atoms with Gasteiger partial charge in [-0.05, 0) is 24.6 Å². The number of aliphatic hydroxyl groups is 1. The van der Waals surface area contributed by atoms with Crippen LogP contribution in [0.3, 0.4) is 0 Å². The predicted octanol–water partition coefficient (Wildman–Crippen LogP) is 2.96. The van der Waals surface area contributed by atoms with Crippen molar-refractivity contribution in [1.29, 1.82) is 0 Å². The second-order valence-electron chi connectivity index (χ2n) is 4.51. The van der Waals surface area contributed by atoms with E-state index in [2.05, 4.69) is 5.32 Å². The number of hydrogen-bond acceptors (Lipinski definition) is 4. The minimum absolute atomic E-state index is 0.172. The molecule has 0 amide bonds. The maximum atomic E-state index is 8.83. The van der Waals surface area contributed by atoms with E-state index in [0.717, 1.165) is 27.6 Å². The van der Waals surface area contributed by atoms with Crippen LogP contribution < -0.4 is 11.1 Å². The number of rotatable bonds is 4. The Labute approximate surface area is 110 Å². The molecule has 0 aliphatic rings. The molecule has 0 aliphatic heterocycles. The lowest BCUT2D eigenvalue weighted by Gasteiger charge is -2.06. The largest absolute Gasteiger partial charge is 0.454 e. The van der Waals surface area contributed by atoms with E-state index in [-0.39, 0.29) is 6.61 Å². The molecule has 2 aromatic carbocycles. The number of nitrogens with two attached hydrogens (primary N) is 1. The van der Waals surface area contributed by atoms with E-state index in [1.165, 1.54) is 0 Å². The number of aliphatic hydroxyl groups excluding tert-OH is 1. The average molecular weight is 256 g/mol. The van der Waals surface area contributed by atoms with Crippen molar-refractivity contribution in [2.75, 3.05) is 24.2 Å². The summed E-state index contributed by atoms with van der Waals surface area (Å²) in [6.07, 6.45) is 0.700. The summed E-state index contributed by atoms with van der Waals surface area (Å²) in [7, 11) is 0. The molecule has 3 rings (SSSR count). The highest BCUT2D eigenvalue weighted by Crippen LogP contribution is 2.36.